The first-order chi connectivity index (χ1) is 19.3. The van der Waals surface area contributed by atoms with Crippen LogP contribution in [0.4, 0.5) is 0 Å². The molecule has 1 saturated heterocycles. The van der Waals surface area contributed by atoms with Gasteiger partial charge in [0.25, 0.3) is 5.91 Å². The first-order valence-electron chi connectivity index (χ1n) is 13.5. The Hall–Kier alpha value is -3.59. The summed E-state index contributed by atoms with van der Waals surface area (Å²) in [4.78, 5) is 65.5. The molecule has 2 rings (SSSR count). The van der Waals surface area contributed by atoms with Crippen LogP contribution >= 0.6 is 0 Å². The maximum atomic E-state index is 12.4. The average molecular weight is 580 g/mol. The van der Waals surface area contributed by atoms with E-state index < -0.39 is 29.9 Å². The van der Waals surface area contributed by atoms with Crippen molar-refractivity contribution in [1.29, 1.82) is 0 Å². The monoisotopic (exact) mass is 579 g/mol. The molecule has 0 aromatic heterocycles. The SMILES string of the molecule is CC(C)NC(=O)c1ccc(CC2CN(CC(=O)O)CCN(CC(=O)O)CCN(CC(=O)O)CCN2CC(=O)O)cc1. The Bertz CT molecular complexity index is 1050. The van der Waals surface area contributed by atoms with Crippen molar-refractivity contribution in [3.63, 3.8) is 0 Å². The zero-order valence-corrected chi connectivity index (χ0v) is 23.6. The van der Waals surface area contributed by atoms with Gasteiger partial charge in [0.1, 0.15) is 0 Å². The summed E-state index contributed by atoms with van der Waals surface area (Å²) in [6.07, 6.45) is 0.341. The van der Waals surface area contributed by atoms with E-state index in [1.165, 1.54) is 0 Å². The molecular weight excluding hydrogens is 538 g/mol. The van der Waals surface area contributed by atoms with Crippen molar-refractivity contribution in [3.8, 4) is 0 Å². The summed E-state index contributed by atoms with van der Waals surface area (Å²) in [5.41, 5.74) is 1.28. The Morgan fingerprint density at radius 1 is 0.707 bits per heavy atom. The number of nitrogens with zero attached hydrogens (tertiary/aromatic N) is 4. The van der Waals surface area contributed by atoms with Crippen LogP contribution in [0.3, 0.4) is 0 Å². The lowest BCUT2D eigenvalue weighted by molar-refractivity contribution is -0.142. The second-order valence-corrected chi connectivity index (χ2v) is 10.5. The fourth-order valence-electron chi connectivity index (χ4n) is 4.77. The molecule has 0 bridgehead atoms. The molecule has 1 aliphatic rings. The van der Waals surface area contributed by atoms with Crippen molar-refractivity contribution in [2.75, 3.05) is 72.0 Å². The largest absolute Gasteiger partial charge is 0.480 e. The van der Waals surface area contributed by atoms with Crippen molar-refractivity contribution in [1.82, 2.24) is 24.9 Å². The van der Waals surface area contributed by atoms with Crippen LogP contribution in [0.5, 0.6) is 0 Å². The molecule has 14 nitrogen and oxygen atoms in total. The molecule has 1 aliphatic heterocycles. The van der Waals surface area contributed by atoms with Gasteiger partial charge in [-0.05, 0) is 38.0 Å². The maximum absolute atomic E-state index is 12.4. The highest BCUT2D eigenvalue weighted by molar-refractivity contribution is 5.94. The van der Waals surface area contributed by atoms with E-state index in [0.29, 0.717) is 12.0 Å². The number of rotatable bonds is 12. The molecule has 0 saturated carbocycles. The molecule has 5 N–H and O–H groups in total. The van der Waals surface area contributed by atoms with Crippen LogP contribution in [-0.2, 0) is 25.6 Å². The summed E-state index contributed by atoms with van der Waals surface area (Å²) >= 11 is 0. The van der Waals surface area contributed by atoms with Crippen LogP contribution in [0.25, 0.3) is 0 Å². The van der Waals surface area contributed by atoms with Crippen molar-refractivity contribution >= 4 is 29.8 Å². The molecule has 41 heavy (non-hydrogen) atoms. The summed E-state index contributed by atoms with van der Waals surface area (Å²) in [5.74, 6) is -4.48. The van der Waals surface area contributed by atoms with E-state index in [2.05, 4.69) is 5.32 Å². The van der Waals surface area contributed by atoms with Crippen molar-refractivity contribution in [2.45, 2.75) is 32.4 Å². The molecule has 1 unspecified atom stereocenters. The predicted octanol–water partition coefficient (Wildman–Crippen LogP) is -0.704. The Labute approximate surface area is 239 Å². The van der Waals surface area contributed by atoms with E-state index >= 15 is 0 Å². The van der Waals surface area contributed by atoms with Gasteiger partial charge in [-0.15, -0.1) is 0 Å². The first kappa shape index (κ1) is 33.6. The molecule has 1 fully saturated rings. The highest BCUT2D eigenvalue weighted by Crippen LogP contribution is 2.14. The number of amides is 1. The second kappa shape index (κ2) is 16.6. The number of hydrogen-bond acceptors (Lipinski definition) is 9. The van der Waals surface area contributed by atoms with Crippen molar-refractivity contribution < 1.29 is 44.4 Å². The quantitative estimate of drug-likeness (QED) is 0.209. The minimum atomic E-state index is -1.08. The number of benzene rings is 1. The van der Waals surface area contributed by atoms with Gasteiger partial charge >= 0.3 is 23.9 Å². The molecule has 0 aliphatic carbocycles. The second-order valence-electron chi connectivity index (χ2n) is 10.5. The highest BCUT2D eigenvalue weighted by Gasteiger charge is 2.27. The molecule has 1 aromatic rings. The van der Waals surface area contributed by atoms with E-state index in [1.807, 2.05) is 13.8 Å². The van der Waals surface area contributed by atoms with Crippen LogP contribution in [0.2, 0.25) is 0 Å². The number of carbonyl (C=O) groups is 5. The van der Waals surface area contributed by atoms with E-state index in [1.54, 1.807) is 43.9 Å². The van der Waals surface area contributed by atoms with Crippen LogP contribution in [-0.4, -0.2) is 154 Å². The standard InChI is InChI=1S/C27H41N5O9/c1-19(2)28-27(41)21-5-3-20(4-6-21)13-22-14-31(17-25(37)38)10-9-29(15-23(33)34)7-8-30(16-24(35)36)11-12-32(22)18-26(39)40/h3-6,19,22H,7-18H2,1-2H3,(H,28,41)(H,33,34)(H,35,36)(H,37,38)(H,39,40). The molecule has 1 atom stereocenters. The highest BCUT2D eigenvalue weighted by atomic mass is 16.4. The van der Waals surface area contributed by atoms with Gasteiger partial charge in [-0.25, -0.2) is 0 Å². The molecule has 228 valence electrons. The molecule has 1 amide bonds. The minimum absolute atomic E-state index is 0.0321. The summed E-state index contributed by atoms with van der Waals surface area (Å²) in [6, 6.07) is 6.40. The van der Waals surface area contributed by atoms with Crippen molar-refractivity contribution in [2.24, 2.45) is 0 Å². The molecule has 1 heterocycles. The third kappa shape index (κ3) is 13.1. The van der Waals surface area contributed by atoms with E-state index in [-0.39, 0.29) is 83.9 Å². The van der Waals surface area contributed by atoms with Crippen LogP contribution in [0.1, 0.15) is 29.8 Å². The zero-order valence-electron chi connectivity index (χ0n) is 23.6. The van der Waals surface area contributed by atoms with Gasteiger partial charge in [-0.2, -0.15) is 0 Å². The third-order valence-electron chi connectivity index (χ3n) is 6.68. The molecular formula is C27H41N5O9. The lowest BCUT2D eigenvalue weighted by Crippen LogP contribution is -2.53. The lowest BCUT2D eigenvalue weighted by atomic mass is 10.0. The van der Waals surface area contributed by atoms with E-state index in [4.69, 9.17) is 0 Å². The van der Waals surface area contributed by atoms with Crippen LogP contribution < -0.4 is 5.32 Å². The molecule has 14 heteroatoms. The third-order valence-corrected chi connectivity index (χ3v) is 6.68. The fraction of sp³-hybridized carbons (Fsp3) is 0.593. The van der Waals surface area contributed by atoms with E-state index in [0.717, 1.165) is 5.56 Å². The van der Waals surface area contributed by atoms with Crippen molar-refractivity contribution in [3.05, 3.63) is 35.4 Å². The number of aliphatic carboxylic acids is 4. The predicted molar refractivity (Wildman–Crippen MR) is 148 cm³/mol. The molecule has 1 aromatic carbocycles. The summed E-state index contributed by atoms with van der Waals surface area (Å²) < 4.78 is 0. The van der Waals surface area contributed by atoms with Crippen LogP contribution in [0, 0.1) is 0 Å². The van der Waals surface area contributed by atoms with Gasteiger partial charge in [-0.3, -0.25) is 43.6 Å². The van der Waals surface area contributed by atoms with Crippen LogP contribution in [0.15, 0.2) is 24.3 Å². The fourth-order valence-corrected chi connectivity index (χ4v) is 4.77. The topological polar surface area (TPSA) is 191 Å². The minimum Gasteiger partial charge on any atom is -0.480 e. The first-order valence-corrected chi connectivity index (χ1v) is 13.5. The Kier molecular flexibility index (Phi) is 13.6. The average Bonchev–Trinajstić information content (AvgIpc) is 2.85. The smallest absolute Gasteiger partial charge is 0.317 e. The van der Waals surface area contributed by atoms with Gasteiger partial charge in [0.05, 0.1) is 26.2 Å². The maximum Gasteiger partial charge on any atom is 0.317 e. The zero-order chi connectivity index (χ0) is 30.5. The number of carboxylic acids is 4. The Morgan fingerprint density at radius 3 is 1.61 bits per heavy atom. The number of carboxylic acid groups (broad SMARTS) is 4. The normalized spacial score (nSPS) is 18.8. The van der Waals surface area contributed by atoms with E-state index in [9.17, 15) is 44.4 Å². The van der Waals surface area contributed by atoms with Gasteiger partial charge in [-0.1, -0.05) is 12.1 Å². The molecule has 0 radical (unpaired) electrons. The van der Waals surface area contributed by atoms with Gasteiger partial charge in [0, 0.05) is 63.5 Å². The van der Waals surface area contributed by atoms with Gasteiger partial charge in [0.2, 0.25) is 0 Å². The summed E-state index contributed by atoms with van der Waals surface area (Å²) in [6.45, 7) is 3.98. The summed E-state index contributed by atoms with van der Waals surface area (Å²) in [5, 5.41) is 40.8. The molecule has 0 spiro atoms. The lowest BCUT2D eigenvalue weighted by Gasteiger charge is -2.37. The number of nitrogens with one attached hydrogen (secondary N) is 1. The number of carbonyl (C=O) groups excluding carboxylic acids is 1. The van der Waals surface area contributed by atoms with Gasteiger partial charge < -0.3 is 25.7 Å². The Morgan fingerprint density at radius 2 is 1.15 bits per heavy atom. The Balaban J connectivity index is 2.40. The van der Waals surface area contributed by atoms with Gasteiger partial charge in [0.15, 0.2) is 0 Å². The summed E-state index contributed by atoms with van der Waals surface area (Å²) in [7, 11) is 0. The number of hydrogen-bond donors (Lipinski definition) is 5.